The third-order valence-electron chi connectivity index (χ3n) is 3.85. The molecule has 0 unspecified atom stereocenters. The van der Waals surface area contributed by atoms with Crippen LogP contribution in [0.15, 0.2) is 22.7 Å². The summed E-state index contributed by atoms with van der Waals surface area (Å²) in [5.41, 5.74) is -0.754. The third-order valence-corrected chi connectivity index (χ3v) is 4.64. The average Bonchev–Trinajstić information content (AvgIpc) is 2.51. The highest BCUT2D eigenvalue weighted by molar-refractivity contribution is 9.10. The van der Waals surface area contributed by atoms with Gasteiger partial charge in [0.1, 0.15) is 11.3 Å². The van der Waals surface area contributed by atoms with Crippen molar-refractivity contribution in [3.05, 3.63) is 27.7 Å². The molecule has 4 nitrogen and oxygen atoms in total. The summed E-state index contributed by atoms with van der Waals surface area (Å²) in [4.78, 5) is 12.3. The summed E-state index contributed by atoms with van der Waals surface area (Å²) in [7, 11) is 0. The Kier molecular flexibility index (Phi) is 5.71. The van der Waals surface area contributed by atoms with Crippen molar-refractivity contribution in [2.75, 3.05) is 0 Å². The molecule has 0 heterocycles. The fourth-order valence-corrected chi connectivity index (χ4v) is 3.29. The van der Waals surface area contributed by atoms with Crippen LogP contribution in [0.2, 0.25) is 5.02 Å². The largest absolute Gasteiger partial charge is 0.479 e. The predicted molar refractivity (Wildman–Crippen MR) is 88.8 cm³/mol. The van der Waals surface area contributed by atoms with Gasteiger partial charge < -0.3 is 10.1 Å². The number of nitrogens with zero attached hydrogens (tertiary/aromatic N) is 1. The molecule has 1 amide bonds. The topological polar surface area (TPSA) is 62.1 Å². The molecule has 1 aromatic carbocycles. The van der Waals surface area contributed by atoms with E-state index < -0.39 is 11.6 Å². The van der Waals surface area contributed by atoms with Gasteiger partial charge in [-0.2, -0.15) is 5.26 Å². The minimum absolute atomic E-state index is 0.289. The van der Waals surface area contributed by atoms with E-state index in [0.717, 1.165) is 23.7 Å². The summed E-state index contributed by atoms with van der Waals surface area (Å²) in [6.07, 6.45) is 3.70. The molecule has 0 bridgehead atoms. The summed E-state index contributed by atoms with van der Waals surface area (Å²) in [6.45, 7) is 1.65. The summed E-state index contributed by atoms with van der Waals surface area (Å²) in [5.74, 6) is 0.157. The molecular weight excluding hydrogens is 368 g/mol. The molecule has 1 fully saturated rings. The number of carbonyl (C=O) groups is 1. The van der Waals surface area contributed by atoms with Crippen LogP contribution in [-0.4, -0.2) is 17.6 Å². The Morgan fingerprint density at radius 3 is 2.73 bits per heavy atom. The van der Waals surface area contributed by atoms with E-state index in [1.165, 1.54) is 0 Å². The molecule has 1 aromatic rings. The molecule has 1 atom stereocenters. The second-order valence-electron chi connectivity index (χ2n) is 5.58. The van der Waals surface area contributed by atoms with Crippen molar-refractivity contribution in [2.45, 2.75) is 50.7 Å². The SMILES string of the molecule is C[C@H](Oc1ccc(Br)cc1Cl)C(=O)NC1(C#N)CCCCC1. The third kappa shape index (κ3) is 4.15. The first kappa shape index (κ1) is 17.1. The summed E-state index contributed by atoms with van der Waals surface area (Å²) in [6, 6.07) is 7.47. The lowest BCUT2D eigenvalue weighted by molar-refractivity contribution is -0.129. The number of halogens is 2. The minimum Gasteiger partial charge on any atom is -0.479 e. The molecule has 1 saturated carbocycles. The molecule has 0 saturated heterocycles. The van der Waals surface area contributed by atoms with Gasteiger partial charge in [0.05, 0.1) is 11.1 Å². The van der Waals surface area contributed by atoms with E-state index in [4.69, 9.17) is 16.3 Å². The zero-order chi connectivity index (χ0) is 16.2. The highest BCUT2D eigenvalue weighted by Crippen LogP contribution is 2.30. The summed E-state index contributed by atoms with van der Waals surface area (Å²) in [5, 5.41) is 12.7. The minimum atomic E-state index is -0.754. The molecule has 2 rings (SSSR count). The molecule has 118 valence electrons. The molecule has 0 spiro atoms. The van der Waals surface area contributed by atoms with Gasteiger partial charge in [0.25, 0.3) is 5.91 Å². The van der Waals surface area contributed by atoms with E-state index in [9.17, 15) is 10.1 Å². The second kappa shape index (κ2) is 7.34. The number of nitrogens with one attached hydrogen (secondary N) is 1. The maximum Gasteiger partial charge on any atom is 0.262 e. The number of benzene rings is 1. The number of rotatable bonds is 4. The van der Waals surface area contributed by atoms with Gasteiger partial charge in [0, 0.05) is 4.47 Å². The molecule has 1 N–H and O–H groups in total. The highest BCUT2D eigenvalue weighted by Gasteiger charge is 2.35. The molecule has 1 aliphatic carbocycles. The van der Waals surface area contributed by atoms with Crippen molar-refractivity contribution in [3.63, 3.8) is 0 Å². The first-order valence-corrected chi connectivity index (χ1v) is 8.48. The quantitative estimate of drug-likeness (QED) is 0.844. The molecule has 22 heavy (non-hydrogen) atoms. The van der Waals surface area contributed by atoms with Gasteiger partial charge in [-0.25, -0.2) is 0 Å². The fraction of sp³-hybridized carbons (Fsp3) is 0.500. The van der Waals surface area contributed by atoms with Crippen LogP contribution in [0.3, 0.4) is 0 Å². The van der Waals surface area contributed by atoms with E-state index in [2.05, 4.69) is 27.3 Å². The van der Waals surface area contributed by atoms with Crippen molar-refractivity contribution >= 4 is 33.4 Å². The number of amides is 1. The lowest BCUT2D eigenvalue weighted by Gasteiger charge is -2.32. The number of ether oxygens (including phenoxy) is 1. The first-order valence-electron chi connectivity index (χ1n) is 7.31. The smallest absolute Gasteiger partial charge is 0.262 e. The van der Waals surface area contributed by atoms with Crippen LogP contribution in [-0.2, 0) is 4.79 Å². The van der Waals surface area contributed by atoms with Crippen molar-refractivity contribution in [1.29, 1.82) is 5.26 Å². The second-order valence-corrected chi connectivity index (χ2v) is 6.90. The van der Waals surface area contributed by atoms with Crippen molar-refractivity contribution in [1.82, 2.24) is 5.32 Å². The van der Waals surface area contributed by atoms with Gasteiger partial charge in [0.15, 0.2) is 6.10 Å². The maximum atomic E-state index is 12.3. The first-order chi connectivity index (χ1) is 10.5. The predicted octanol–water partition coefficient (Wildman–Crippen LogP) is 4.21. The van der Waals surface area contributed by atoms with Crippen molar-refractivity contribution in [2.24, 2.45) is 0 Å². The van der Waals surface area contributed by atoms with Crippen molar-refractivity contribution in [3.8, 4) is 11.8 Å². The zero-order valence-corrected chi connectivity index (χ0v) is 14.7. The molecule has 0 aromatic heterocycles. The van der Waals surface area contributed by atoms with Crippen LogP contribution in [0, 0.1) is 11.3 Å². The lowest BCUT2D eigenvalue weighted by atomic mass is 9.83. The molecule has 6 heteroatoms. The van der Waals surface area contributed by atoms with E-state index in [1.807, 2.05) is 0 Å². The van der Waals surface area contributed by atoms with Crippen LogP contribution in [0.5, 0.6) is 5.75 Å². The molecular formula is C16H18BrClN2O2. The van der Waals surface area contributed by atoms with Gasteiger partial charge >= 0.3 is 0 Å². The molecule has 1 aliphatic rings. The van der Waals surface area contributed by atoms with Gasteiger partial charge in [-0.05, 0) is 38.0 Å². The number of hydrogen-bond acceptors (Lipinski definition) is 3. The Balaban J connectivity index is 2.01. The van der Waals surface area contributed by atoms with E-state index >= 15 is 0 Å². The lowest BCUT2D eigenvalue weighted by Crippen LogP contribution is -2.52. The van der Waals surface area contributed by atoms with Crippen LogP contribution in [0.25, 0.3) is 0 Å². The van der Waals surface area contributed by atoms with Crippen molar-refractivity contribution < 1.29 is 9.53 Å². The van der Waals surface area contributed by atoms with Crippen LogP contribution >= 0.6 is 27.5 Å². The number of hydrogen-bond donors (Lipinski definition) is 1. The summed E-state index contributed by atoms with van der Waals surface area (Å²) >= 11 is 9.40. The zero-order valence-electron chi connectivity index (χ0n) is 12.4. The van der Waals surface area contributed by atoms with Crippen LogP contribution in [0.4, 0.5) is 0 Å². The molecule has 0 aliphatic heterocycles. The van der Waals surface area contributed by atoms with Gasteiger partial charge in [-0.3, -0.25) is 4.79 Å². The fourth-order valence-electron chi connectivity index (χ4n) is 2.57. The Morgan fingerprint density at radius 2 is 2.14 bits per heavy atom. The summed E-state index contributed by atoms with van der Waals surface area (Å²) < 4.78 is 6.46. The monoisotopic (exact) mass is 384 g/mol. The van der Waals surface area contributed by atoms with Gasteiger partial charge in [-0.1, -0.05) is 46.8 Å². The normalized spacial score (nSPS) is 18.1. The maximum absolute atomic E-state index is 12.3. The molecule has 0 radical (unpaired) electrons. The van der Waals surface area contributed by atoms with Crippen LogP contribution in [0.1, 0.15) is 39.0 Å². The Morgan fingerprint density at radius 1 is 1.45 bits per heavy atom. The standard InChI is InChI=1S/C16H18BrClN2O2/c1-11(22-14-6-5-12(17)9-13(14)18)15(21)20-16(10-19)7-3-2-4-8-16/h5-6,9,11H,2-4,7-8H2,1H3,(H,20,21)/t11-/m0/s1. The Labute approximate surface area is 143 Å². The highest BCUT2D eigenvalue weighted by atomic mass is 79.9. The van der Waals surface area contributed by atoms with E-state index in [0.29, 0.717) is 23.6 Å². The van der Waals surface area contributed by atoms with Crippen LogP contribution < -0.4 is 10.1 Å². The number of carbonyl (C=O) groups excluding carboxylic acids is 1. The van der Waals surface area contributed by atoms with Gasteiger partial charge in [0.2, 0.25) is 0 Å². The Hall–Kier alpha value is -1.25. The average molecular weight is 386 g/mol. The van der Waals surface area contributed by atoms with E-state index in [1.54, 1.807) is 25.1 Å². The Bertz CT molecular complexity index is 594. The van der Waals surface area contributed by atoms with E-state index in [-0.39, 0.29) is 5.91 Å². The number of nitriles is 1. The van der Waals surface area contributed by atoms with Gasteiger partial charge in [-0.15, -0.1) is 0 Å².